The lowest BCUT2D eigenvalue weighted by Gasteiger charge is -2.44. The minimum absolute atomic E-state index is 0.228. The van der Waals surface area contributed by atoms with Crippen molar-refractivity contribution in [3.63, 3.8) is 0 Å². The van der Waals surface area contributed by atoms with E-state index in [0.29, 0.717) is 19.8 Å². The highest BCUT2D eigenvalue weighted by Gasteiger charge is 2.53. The van der Waals surface area contributed by atoms with Crippen LogP contribution in [-0.4, -0.2) is 73.6 Å². The van der Waals surface area contributed by atoms with Gasteiger partial charge in [-0.15, -0.1) is 6.58 Å². The Bertz CT molecular complexity index is 1500. The molecule has 0 aromatic heterocycles. The molecule has 51 heavy (non-hydrogen) atoms. The van der Waals surface area contributed by atoms with Gasteiger partial charge in [-0.2, -0.15) is 0 Å². The van der Waals surface area contributed by atoms with Gasteiger partial charge in [0.05, 0.1) is 45.7 Å². The van der Waals surface area contributed by atoms with Gasteiger partial charge in [-0.25, -0.2) is 0 Å². The Morgan fingerprint density at radius 1 is 0.569 bits per heavy atom. The maximum absolute atomic E-state index is 11.3. The van der Waals surface area contributed by atoms with Crippen LogP contribution in [0.5, 0.6) is 0 Å². The molecule has 270 valence electrons. The van der Waals surface area contributed by atoms with Crippen LogP contribution in [0.15, 0.2) is 134 Å². The third-order valence-corrected chi connectivity index (χ3v) is 8.96. The molecule has 0 unspecified atom stereocenters. The number of aliphatic hydroxyl groups excluding tert-OH is 1. The molecule has 0 aliphatic carbocycles. The standard InChI is InChI=1S/C42H48O9/c1-3-24-45-40-37(47-27-33-20-12-6-13-21-33)35(29-44-25-31-16-8-4-9-17-31)50-42(40)51-38-36(46-26-32-18-10-5-11-19-32)30(2)49-41(43)39(38)48-28-34-22-14-7-15-23-34/h3-23,30,35-43H,1,24-29H2,2H3/t30-,35+,36-,37+,38+,39+,40+,41+,42-/m0/s1. The van der Waals surface area contributed by atoms with Gasteiger partial charge in [0.1, 0.15) is 36.6 Å². The van der Waals surface area contributed by atoms with Crippen LogP contribution in [0.25, 0.3) is 0 Å². The summed E-state index contributed by atoms with van der Waals surface area (Å²) in [5.41, 5.74) is 3.99. The van der Waals surface area contributed by atoms with Crippen molar-refractivity contribution in [3.05, 3.63) is 156 Å². The van der Waals surface area contributed by atoms with Crippen molar-refractivity contribution in [2.75, 3.05) is 13.2 Å². The Morgan fingerprint density at radius 2 is 1.04 bits per heavy atom. The second-order valence-corrected chi connectivity index (χ2v) is 12.7. The summed E-state index contributed by atoms with van der Waals surface area (Å²) < 4.78 is 51.5. The van der Waals surface area contributed by atoms with Gasteiger partial charge in [-0.1, -0.05) is 127 Å². The van der Waals surface area contributed by atoms with Crippen LogP contribution >= 0.6 is 0 Å². The second kappa shape index (κ2) is 19.2. The van der Waals surface area contributed by atoms with Crippen LogP contribution in [0, 0.1) is 0 Å². The third kappa shape index (κ3) is 10.4. The molecule has 6 rings (SSSR count). The minimum Gasteiger partial charge on any atom is -0.374 e. The zero-order valence-corrected chi connectivity index (χ0v) is 29.0. The van der Waals surface area contributed by atoms with Crippen LogP contribution in [0.4, 0.5) is 0 Å². The molecule has 2 aliphatic heterocycles. The van der Waals surface area contributed by atoms with Crippen LogP contribution < -0.4 is 0 Å². The van der Waals surface area contributed by atoms with Crippen LogP contribution in [0.2, 0.25) is 0 Å². The number of benzene rings is 4. The quantitative estimate of drug-likeness (QED) is 0.119. The molecule has 0 spiro atoms. The lowest BCUT2D eigenvalue weighted by atomic mass is 9.98. The first-order valence-electron chi connectivity index (χ1n) is 17.5. The second-order valence-electron chi connectivity index (χ2n) is 12.7. The van der Waals surface area contributed by atoms with E-state index in [1.165, 1.54) is 0 Å². The molecule has 2 fully saturated rings. The molecule has 0 saturated carbocycles. The molecule has 0 amide bonds. The van der Waals surface area contributed by atoms with E-state index in [2.05, 4.69) is 6.58 Å². The van der Waals surface area contributed by atoms with Gasteiger partial charge in [0.2, 0.25) is 0 Å². The van der Waals surface area contributed by atoms with Gasteiger partial charge in [0.15, 0.2) is 12.6 Å². The number of rotatable bonds is 18. The monoisotopic (exact) mass is 696 g/mol. The summed E-state index contributed by atoms with van der Waals surface area (Å²) >= 11 is 0. The summed E-state index contributed by atoms with van der Waals surface area (Å²) in [5.74, 6) is 0. The van der Waals surface area contributed by atoms with Crippen molar-refractivity contribution in [2.24, 2.45) is 0 Å². The third-order valence-electron chi connectivity index (χ3n) is 8.96. The normalized spacial score (nSPS) is 27.7. The summed E-state index contributed by atoms with van der Waals surface area (Å²) in [4.78, 5) is 0. The topological polar surface area (TPSA) is 94.1 Å². The zero-order chi connectivity index (χ0) is 35.3. The van der Waals surface area contributed by atoms with Gasteiger partial charge in [-0.05, 0) is 29.2 Å². The maximum Gasteiger partial charge on any atom is 0.187 e. The fourth-order valence-electron chi connectivity index (χ4n) is 6.37. The van der Waals surface area contributed by atoms with E-state index >= 15 is 0 Å². The molecule has 9 heteroatoms. The first kappa shape index (κ1) is 37.0. The van der Waals surface area contributed by atoms with Crippen molar-refractivity contribution >= 4 is 0 Å². The number of hydrogen-bond donors (Lipinski definition) is 1. The first-order valence-corrected chi connectivity index (χ1v) is 17.5. The van der Waals surface area contributed by atoms with Crippen LogP contribution in [0.1, 0.15) is 29.2 Å². The molecule has 0 bridgehead atoms. The van der Waals surface area contributed by atoms with Crippen molar-refractivity contribution in [1.82, 2.24) is 0 Å². The Labute approximate surface area is 300 Å². The summed E-state index contributed by atoms with van der Waals surface area (Å²) in [6.07, 6.45) is -5.17. The number of aliphatic hydroxyl groups is 1. The Kier molecular flexibility index (Phi) is 13.9. The largest absolute Gasteiger partial charge is 0.374 e. The predicted molar refractivity (Wildman–Crippen MR) is 191 cm³/mol. The van der Waals surface area contributed by atoms with E-state index in [1.807, 2.05) is 128 Å². The van der Waals surface area contributed by atoms with Gasteiger partial charge >= 0.3 is 0 Å². The van der Waals surface area contributed by atoms with E-state index in [-0.39, 0.29) is 19.8 Å². The maximum atomic E-state index is 11.3. The molecule has 2 heterocycles. The molecule has 0 radical (unpaired) electrons. The van der Waals surface area contributed by atoms with Crippen molar-refractivity contribution in [2.45, 2.75) is 88.7 Å². The van der Waals surface area contributed by atoms with E-state index in [1.54, 1.807) is 6.08 Å². The Hall–Kier alpha value is -3.74. The highest BCUT2D eigenvalue weighted by molar-refractivity contribution is 5.16. The minimum atomic E-state index is -1.28. The Balaban J connectivity index is 1.26. The van der Waals surface area contributed by atoms with Gasteiger partial charge in [0, 0.05) is 0 Å². The van der Waals surface area contributed by atoms with Gasteiger partial charge < -0.3 is 43.0 Å². The molecule has 2 aliphatic rings. The molecule has 4 aromatic rings. The highest BCUT2D eigenvalue weighted by atomic mass is 16.8. The first-order chi connectivity index (χ1) is 25.1. The lowest BCUT2D eigenvalue weighted by Crippen LogP contribution is -2.60. The van der Waals surface area contributed by atoms with E-state index in [9.17, 15) is 5.11 Å². The van der Waals surface area contributed by atoms with E-state index in [4.69, 9.17) is 37.9 Å². The molecule has 9 atom stereocenters. The number of ether oxygens (including phenoxy) is 8. The van der Waals surface area contributed by atoms with E-state index in [0.717, 1.165) is 22.3 Å². The van der Waals surface area contributed by atoms with Crippen LogP contribution in [0.3, 0.4) is 0 Å². The van der Waals surface area contributed by atoms with E-state index < -0.39 is 55.3 Å². The molecule has 9 nitrogen and oxygen atoms in total. The zero-order valence-electron chi connectivity index (χ0n) is 29.0. The summed E-state index contributed by atoms with van der Waals surface area (Å²) in [7, 11) is 0. The average Bonchev–Trinajstić information content (AvgIpc) is 3.49. The van der Waals surface area contributed by atoms with Crippen LogP contribution in [-0.2, 0) is 64.3 Å². The molecule has 2 saturated heterocycles. The summed E-state index contributed by atoms with van der Waals surface area (Å²) in [6.45, 7) is 7.48. The number of hydrogen-bond acceptors (Lipinski definition) is 9. The Morgan fingerprint density at radius 3 is 1.55 bits per heavy atom. The van der Waals surface area contributed by atoms with Crippen molar-refractivity contribution in [3.8, 4) is 0 Å². The highest BCUT2D eigenvalue weighted by Crippen LogP contribution is 2.35. The summed E-state index contributed by atoms with van der Waals surface area (Å²) in [5, 5.41) is 11.3. The SMILES string of the molecule is C=CCO[C@H]1[C@H](O[C@@H]2[C@@H](OCc3ccccc3)[C@H](C)O[C@@H](O)[C@@H]2OCc2ccccc2)O[C@H](COCc2ccccc2)[C@H]1OCc1ccccc1. The average molecular weight is 697 g/mol. The van der Waals surface area contributed by atoms with Gasteiger partial charge in [-0.3, -0.25) is 0 Å². The van der Waals surface area contributed by atoms with Gasteiger partial charge in [0.25, 0.3) is 0 Å². The van der Waals surface area contributed by atoms with Crippen molar-refractivity contribution in [1.29, 1.82) is 0 Å². The fraction of sp³-hybridized carbons (Fsp3) is 0.381. The fourth-order valence-corrected chi connectivity index (χ4v) is 6.37. The molecular weight excluding hydrogens is 648 g/mol. The molecule has 1 N–H and O–H groups in total. The molecular formula is C42H48O9. The summed E-state index contributed by atoms with van der Waals surface area (Å²) in [6, 6.07) is 39.6. The lowest BCUT2D eigenvalue weighted by molar-refractivity contribution is -0.332. The molecule has 4 aromatic carbocycles. The smallest absolute Gasteiger partial charge is 0.187 e. The van der Waals surface area contributed by atoms with Crippen molar-refractivity contribution < 1.29 is 43.0 Å². The predicted octanol–water partition coefficient (Wildman–Crippen LogP) is 6.38.